The van der Waals surface area contributed by atoms with Crippen molar-refractivity contribution in [2.24, 2.45) is 5.73 Å². The zero-order valence-electron chi connectivity index (χ0n) is 11.8. The van der Waals surface area contributed by atoms with Gasteiger partial charge in [0, 0.05) is 17.7 Å². The Balaban J connectivity index is 2.97. The third-order valence-corrected chi connectivity index (χ3v) is 2.81. The summed E-state index contributed by atoms with van der Waals surface area (Å²) >= 11 is 0. The normalized spacial score (nSPS) is 10.0. The Morgan fingerprint density at radius 3 is 2.80 bits per heavy atom. The molecule has 0 aliphatic carbocycles. The first-order valence-electron chi connectivity index (χ1n) is 6.38. The number of likely N-dealkylation sites (N-methyl/N-ethyl adjacent to an activating group) is 1. The maximum absolute atomic E-state index is 11.0. The highest BCUT2D eigenvalue weighted by Gasteiger charge is 2.11. The van der Waals surface area contributed by atoms with Crippen molar-refractivity contribution >= 4 is 5.91 Å². The largest absolute Gasteiger partial charge is 0.496 e. The van der Waals surface area contributed by atoms with Gasteiger partial charge >= 0.3 is 0 Å². The van der Waals surface area contributed by atoms with Crippen LogP contribution in [0.4, 0.5) is 0 Å². The van der Waals surface area contributed by atoms with Crippen LogP contribution in [-0.2, 0) is 11.3 Å². The van der Waals surface area contributed by atoms with Crippen molar-refractivity contribution in [2.45, 2.75) is 13.5 Å². The van der Waals surface area contributed by atoms with Crippen LogP contribution in [0.3, 0.4) is 0 Å². The summed E-state index contributed by atoms with van der Waals surface area (Å²) in [5, 5.41) is 8.72. The number of hydrogen-bond donors (Lipinski definition) is 2. The number of amides is 1. The molecule has 3 N–H and O–H groups in total. The highest BCUT2D eigenvalue weighted by atomic mass is 16.5. The molecule has 5 heteroatoms. The van der Waals surface area contributed by atoms with E-state index in [2.05, 4.69) is 11.8 Å². The predicted octanol–water partition coefficient (Wildman–Crippen LogP) is 0.346. The van der Waals surface area contributed by atoms with Gasteiger partial charge in [-0.05, 0) is 24.7 Å². The van der Waals surface area contributed by atoms with E-state index in [1.807, 2.05) is 30.0 Å². The first-order valence-corrected chi connectivity index (χ1v) is 6.38. The molecule has 0 saturated carbocycles. The Morgan fingerprint density at radius 2 is 2.25 bits per heavy atom. The van der Waals surface area contributed by atoms with Crippen molar-refractivity contribution in [2.75, 3.05) is 26.8 Å². The SMILES string of the molecule is CCN(CC(N)=O)Cc1cc(C#CCO)ccc1OC. The molecule has 0 spiro atoms. The van der Waals surface area contributed by atoms with E-state index < -0.39 is 0 Å². The molecule has 5 nitrogen and oxygen atoms in total. The van der Waals surface area contributed by atoms with E-state index >= 15 is 0 Å². The number of aliphatic hydroxyl groups is 1. The molecule has 0 aliphatic rings. The van der Waals surface area contributed by atoms with Gasteiger partial charge in [0.05, 0.1) is 13.7 Å². The molecule has 20 heavy (non-hydrogen) atoms. The monoisotopic (exact) mass is 276 g/mol. The molecule has 0 atom stereocenters. The molecular weight excluding hydrogens is 256 g/mol. The van der Waals surface area contributed by atoms with E-state index in [0.717, 1.165) is 16.9 Å². The van der Waals surface area contributed by atoms with Crippen molar-refractivity contribution in [3.05, 3.63) is 29.3 Å². The average molecular weight is 276 g/mol. The van der Waals surface area contributed by atoms with Crippen molar-refractivity contribution < 1.29 is 14.6 Å². The molecular formula is C15H20N2O3. The predicted molar refractivity (Wildman–Crippen MR) is 77.1 cm³/mol. The summed E-state index contributed by atoms with van der Waals surface area (Å²) in [5.41, 5.74) is 6.95. The Morgan fingerprint density at radius 1 is 1.50 bits per heavy atom. The van der Waals surface area contributed by atoms with E-state index in [-0.39, 0.29) is 19.1 Å². The third-order valence-electron chi connectivity index (χ3n) is 2.81. The van der Waals surface area contributed by atoms with Gasteiger partial charge in [-0.2, -0.15) is 0 Å². The van der Waals surface area contributed by atoms with Crippen LogP contribution in [0.2, 0.25) is 0 Å². The molecule has 0 aromatic heterocycles. The lowest BCUT2D eigenvalue weighted by Gasteiger charge is -2.20. The van der Waals surface area contributed by atoms with Crippen LogP contribution in [-0.4, -0.2) is 42.7 Å². The second-order valence-corrected chi connectivity index (χ2v) is 4.26. The molecule has 0 saturated heterocycles. The first kappa shape index (κ1) is 16.0. The number of nitrogens with two attached hydrogens (primary N) is 1. The molecule has 1 rings (SSSR count). The van der Waals surface area contributed by atoms with Crippen molar-refractivity contribution in [1.29, 1.82) is 0 Å². The standard InChI is InChI=1S/C15H20N2O3/c1-3-17(11-15(16)19)10-13-9-12(5-4-8-18)6-7-14(13)20-2/h6-7,9,18H,3,8,10-11H2,1-2H3,(H2,16,19). The molecule has 0 heterocycles. The number of methoxy groups -OCH3 is 1. The number of nitrogens with zero attached hydrogens (tertiary/aromatic N) is 1. The number of rotatable bonds is 6. The Bertz CT molecular complexity index is 518. The number of aliphatic hydroxyl groups excluding tert-OH is 1. The van der Waals surface area contributed by atoms with Gasteiger partial charge in [0.2, 0.25) is 5.91 Å². The molecule has 1 amide bonds. The zero-order chi connectivity index (χ0) is 15.0. The number of primary amides is 1. The zero-order valence-corrected chi connectivity index (χ0v) is 11.8. The number of hydrogen-bond acceptors (Lipinski definition) is 4. The van der Waals surface area contributed by atoms with Crippen LogP contribution < -0.4 is 10.5 Å². The topological polar surface area (TPSA) is 75.8 Å². The van der Waals surface area contributed by atoms with Crippen LogP contribution >= 0.6 is 0 Å². The Hall–Kier alpha value is -2.03. The number of carbonyl (C=O) groups is 1. The summed E-state index contributed by atoms with van der Waals surface area (Å²) in [5.74, 6) is 5.84. The fourth-order valence-corrected chi connectivity index (χ4v) is 1.86. The highest BCUT2D eigenvalue weighted by molar-refractivity contribution is 5.75. The summed E-state index contributed by atoms with van der Waals surface area (Å²) in [4.78, 5) is 12.9. The van der Waals surface area contributed by atoms with Crippen LogP contribution in [0.25, 0.3) is 0 Å². The van der Waals surface area contributed by atoms with Gasteiger partial charge in [-0.1, -0.05) is 18.8 Å². The lowest BCUT2D eigenvalue weighted by Crippen LogP contribution is -2.33. The van der Waals surface area contributed by atoms with Crippen LogP contribution in [0.5, 0.6) is 5.75 Å². The summed E-state index contributed by atoms with van der Waals surface area (Å²) in [6.07, 6.45) is 0. The smallest absolute Gasteiger partial charge is 0.231 e. The maximum atomic E-state index is 11.0. The second-order valence-electron chi connectivity index (χ2n) is 4.26. The molecule has 0 aliphatic heterocycles. The summed E-state index contributed by atoms with van der Waals surface area (Å²) in [6.45, 7) is 3.25. The van der Waals surface area contributed by atoms with E-state index in [4.69, 9.17) is 15.6 Å². The van der Waals surface area contributed by atoms with E-state index in [9.17, 15) is 4.79 Å². The lowest BCUT2D eigenvalue weighted by molar-refractivity contribution is -0.119. The molecule has 108 valence electrons. The molecule has 0 bridgehead atoms. The quantitative estimate of drug-likeness (QED) is 0.735. The molecule has 0 radical (unpaired) electrons. The number of ether oxygens (including phenoxy) is 1. The fraction of sp³-hybridized carbons (Fsp3) is 0.400. The fourth-order valence-electron chi connectivity index (χ4n) is 1.86. The van der Waals surface area contributed by atoms with E-state index in [1.165, 1.54) is 0 Å². The van der Waals surface area contributed by atoms with Crippen LogP contribution in [0.15, 0.2) is 18.2 Å². The first-order chi connectivity index (χ1) is 9.60. The van der Waals surface area contributed by atoms with E-state index in [0.29, 0.717) is 13.1 Å². The van der Waals surface area contributed by atoms with Crippen molar-refractivity contribution in [3.63, 3.8) is 0 Å². The van der Waals surface area contributed by atoms with Gasteiger partial charge in [-0.3, -0.25) is 9.69 Å². The van der Waals surface area contributed by atoms with Crippen LogP contribution in [0, 0.1) is 11.8 Å². The summed E-state index contributed by atoms with van der Waals surface area (Å²) in [7, 11) is 1.60. The second kappa shape index (κ2) is 8.20. The van der Waals surface area contributed by atoms with Gasteiger partial charge in [0.1, 0.15) is 12.4 Å². The summed E-state index contributed by atoms with van der Waals surface area (Å²) in [6, 6.07) is 5.55. The van der Waals surface area contributed by atoms with Gasteiger partial charge in [-0.15, -0.1) is 0 Å². The highest BCUT2D eigenvalue weighted by Crippen LogP contribution is 2.21. The minimum Gasteiger partial charge on any atom is -0.496 e. The van der Waals surface area contributed by atoms with Crippen molar-refractivity contribution in [3.8, 4) is 17.6 Å². The van der Waals surface area contributed by atoms with Crippen LogP contribution in [0.1, 0.15) is 18.1 Å². The van der Waals surface area contributed by atoms with Gasteiger partial charge in [0.25, 0.3) is 0 Å². The average Bonchev–Trinajstić information content (AvgIpc) is 2.44. The number of carbonyl (C=O) groups excluding carboxylic acids is 1. The van der Waals surface area contributed by atoms with Gasteiger partial charge in [0.15, 0.2) is 0 Å². The third kappa shape index (κ3) is 4.92. The van der Waals surface area contributed by atoms with E-state index in [1.54, 1.807) is 7.11 Å². The lowest BCUT2D eigenvalue weighted by atomic mass is 10.1. The minimum atomic E-state index is -0.359. The Kier molecular flexibility index (Phi) is 6.57. The minimum absolute atomic E-state index is 0.176. The van der Waals surface area contributed by atoms with Gasteiger partial charge in [-0.25, -0.2) is 0 Å². The van der Waals surface area contributed by atoms with Gasteiger partial charge < -0.3 is 15.6 Å². The molecule has 0 unspecified atom stereocenters. The Labute approximate surface area is 119 Å². The molecule has 1 aromatic rings. The molecule has 1 aromatic carbocycles. The molecule has 0 fully saturated rings. The summed E-state index contributed by atoms with van der Waals surface area (Å²) < 4.78 is 5.31. The number of benzene rings is 1. The van der Waals surface area contributed by atoms with Crippen molar-refractivity contribution in [1.82, 2.24) is 4.90 Å². The maximum Gasteiger partial charge on any atom is 0.231 e.